The number of amides is 1. The lowest BCUT2D eigenvalue weighted by atomic mass is 10.1. The van der Waals surface area contributed by atoms with E-state index < -0.39 is 0 Å². The molecule has 6 nitrogen and oxygen atoms in total. The molecular weight excluding hydrogens is 314 g/mol. The van der Waals surface area contributed by atoms with Crippen molar-refractivity contribution in [1.82, 2.24) is 14.9 Å². The van der Waals surface area contributed by atoms with Crippen LogP contribution in [0.5, 0.6) is 0 Å². The van der Waals surface area contributed by atoms with Gasteiger partial charge >= 0.3 is 0 Å². The van der Waals surface area contributed by atoms with E-state index >= 15 is 0 Å². The molecule has 0 radical (unpaired) electrons. The molecule has 0 aliphatic carbocycles. The lowest BCUT2D eigenvalue weighted by molar-refractivity contribution is -0.885. The standard InChI is InChI=1S/C19H25N5O/c1-16-4-6-17(7-5-16)14-22(2)15-18(25)23-10-12-24(13-11-23)19-20-8-3-9-21-19/h3-9H,10-15H2,1-2H3/p+1. The highest BCUT2D eigenvalue weighted by atomic mass is 16.2. The summed E-state index contributed by atoms with van der Waals surface area (Å²) >= 11 is 0. The Labute approximate surface area is 149 Å². The molecule has 3 rings (SSSR count). The number of quaternary nitrogens is 1. The zero-order valence-corrected chi connectivity index (χ0v) is 15.0. The quantitative estimate of drug-likeness (QED) is 0.842. The first-order valence-corrected chi connectivity index (χ1v) is 8.78. The largest absolute Gasteiger partial charge is 0.337 e. The van der Waals surface area contributed by atoms with Gasteiger partial charge in [0.1, 0.15) is 6.54 Å². The molecular formula is C19H26N5O+. The van der Waals surface area contributed by atoms with Crippen molar-refractivity contribution in [3.8, 4) is 0 Å². The lowest BCUT2D eigenvalue weighted by Gasteiger charge is -2.34. The van der Waals surface area contributed by atoms with Crippen molar-refractivity contribution >= 4 is 11.9 Å². The summed E-state index contributed by atoms with van der Waals surface area (Å²) < 4.78 is 0. The molecule has 1 unspecified atom stereocenters. The summed E-state index contributed by atoms with van der Waals surface area (Å²) in [5, 5.41) is 0. The summed E-state index contributed by atoms with van der Waals surface area (Å²) in [6.07, 6.45) is 3.51. The molecule has 1 saturated heterocycles. The van der Waals surface area contributed by atoms with Crippen molar-refractivity contribution < 1.29 is 9.69 Å². The molecule has 1 aliphatic heterocycles. The molecule has 6 heteroatoms. The first kappa shape index (κ1) is 17.4. The predicted molar refractivity (Wildman–Crippen MR) is 97.5 cm³/mol. The Hall–Kier alpha value is -2.47. The van der Waals surface area contributed by atoms with Crippen molar-refractivity contribution in [2.75, 3.05) is 44.7 Å². The van der Waals surface area contributed by atoms with Gasteiger partial charge < -0.3 is 14.7 Å². The fourth-order valence-electron chi connectivity index (χ4n) is 3.10. The molecule has 1 N–H and O–H groups in total. The minimum atomic E-state index is 0.221. The highest BCUT2D eigenvalue weighted by Gasteiger charge is 2.24. The number of nitrogens with zero attached hydrogens (tertiary/aromatic N) is 4. The molecule has 0 spiro atoms. The van der Waals surface area contributed by atoms with Crippen LogP contribution in [0.1, 0.15) is 11.1 Å². The Balaban J connectivity index is 1.46. The fourth-order valence-corrected chi connectivity index (χ4v) is 3.10. The van der Waals surface area contributed by atoms with Crippen molar-refractivity contribution in [2.24, 2.45) is 0 Å². The number of anilines is 1. The molecule has 0 saturated carbocycles. The van der Waals surface area contributed by atoms with Crippen LogP contribution in [-0.4, -0.2) is 60.5 Å². The van der Waals surface area contributed by atoms with E-state index in [-0.39, 0.29) is 5.91 Å². The molecule has 1 fully saturated rings. The van der Waals surface area contributed by atoms with Crippen molar-refractivity contribution in [3.63, 3.8) is 0 Å². The van der Waals surface area contributed by atoms with E-state index in [1.165, 1.54) is 16.0 Å². The van der Waals surface area contributed by atoms with Crippen LogP contribution in [0.4, 0.5) is 5.95 Å². The third-order valence-electron chi connectivity index (χ3n) is 4.55. The van der Waals surface area contributed by atoms with Crippen molar-refractivity contribution in [2.45, 2.75) is 13.5 Å². The van der Waals surface area contributed by atoms with E-state index in [1.54, 1.807) is 12.4 Å². The van der Waals surface area contributed by atoms with Crippen LogP contribution in [0, 0.1) is 6.92 Å². The average molecular weight is 340 g/mol. The molecule has 2 heterocycles. The van der Waals surface area contributed by atoms with Gasteiger partial charge in [-0.3, -0.25) is 4.79 Å². The molecule has 2 aromatic rings. The van der Waals surface area contributed by atoms with Crippen LogP contribution in [0.3, 0.4) is 0 Å². The molecule has 1 amide bonds. The van der Waals surface area contributed by atoms with Crippen LogP contribution >= 0.6 is 0 Å². The number of nitrogens with one attached hydrogen (secondary N) is 1. The first-order chi connectivity index (χ1) is 12.1. The molecule has 25 heavy (non-hydrogen) atoms. The molecule has 1 aromatic carbocycles. The van der Waals surface area contributed by atoms with E-state index in [1.807, 2.05) is 11.0 Å². The van der Waals surface area contributed by atoms with Gasteiger partial charge in [0.05, 0.1) is 7.05 Å². The fraction of sp³-hybridized carbons (Fsp3) is 0.421. The van der Waals surface area contributed by atoms with Crippen LogP contribution in [0.15, 0.2) is 42.7 Å². The van der Waals surface area contributed by atoms with Crippen LogP contribution in [0.2, 0.25) is 0 Å². The Morgan fingerprint density at radius 3 is 2.36 bits per heavy atom. The van der Waals surface area contributed by atoms with Gasteiger partial charge in [0.25, 0.3) is 5.91 Å². The zero-order chi connectivity index (χ0) is 17.6. The van der Waals surface area contributed by atoms with Gasteiger partial charge in [0, 0.05) is 44.1 Å². The number of rotatable bonds is 5. The van der Waals surface area contributed by atoms with E-state index in [0.29, 0.717) is 6.54 Å². The number of aromatic nitrogens is 2. The van der Waals surface area contributed by atoms with Gasteiger partial charge in [-0.2, -0.15) is 0 Å². The second-order valence-corrected chi connectivity index (χ2v) is 6.71. The van der Waals surface area contributed by atoms with E-state index in [2.05, 4.69) is 53.1 Å². The Kier molecular flexibility index (Phi) is 5.60. The number of carbonyl (C=O) groups excluding carboxylic acids is 1. The zero-order valence-electron chi connectivity index (χ0n) is 15.0. The van der Waals surface area contributed by atoms with Gasteiger partial charge in [-0.15, -0.1) is 0 Å². The van der Waals surface area contributed by atoms with E-state index in [0.717, 1.165) is 38.7 Å². The van der Waals surface area contributed by atoms with Crippen LogP contribution in [-0.2, 0) is 11.3 Å². The number of likely N-dealkylation sites (N-methyl/N-ethyl adjacent to an activating group) is 1. The van der Waals surface area contributed by atoms with Gasteiger partial charge in [0.2, 0.25) is 5.95 Å². The Morgan fingerprint density at radius 2 is 1.72 bits per heavy atom. The Bertz CT molecular complexity index is 681. The van der Waals surface area contributed by atoms with Gasteiger partial charge in [0.15, 0.2) is 6.54 Å². The maximum Gasteiger partial charge on any atom is 0.277 e. The molecule has 1 aliphatic rings. The summed E-state index contributed by atoms with van der Waals surface area (Å²) in [6.45, 7) is 6.51. The van der Waals surface area contributed by atoms with Crippen LogP contribution < -0.4 is 9.80 Å². The third-order valence-corrected chi connectivity index (χ3v) is 4.55. The topological polar surface area (TPSA) is 53.8 Å². The molecule has 0 bridgehead atoms. The molecule has 132 valence electrons. The number of piperazine rings is 1. The summed E-state index contributed by atoms with van der Waals surface area (Å²) in [7, 11) is 2.08. The summed E-state index contributed by atoms with van der Waals surface area (Å²) in [5.41, 5.74) is 2.53. The summed E-state index contributed by atoms with van der Waals surface area (Å²) in [6, 6.07) is 10.3. The van der Waals surface area contributed by atoms with Crippen molar-refractivity contribution in [3.05, 3.63) is 53.9 Å². The number of hydrogen-bond acceptors (Lipinski definition) is 4. The highest BCUT2D eigenvalue weighted by Crippen LogP contribution is 2.09. The monoisotopic (exact) mass is 340 g/mol. The maximum absolute atomic E-state index is 12.6. The number of aryl methyl sites for hydroxylation is 1. The lowest BCUT2D eigenvalue weighted by Crippen LogP contribution is -3.09. The number of hydrogen-bond donors (Lipinski definition) is 1. The smallest absolute Gasteiger partial charge is 0.277 e. The average Bonchev–Trinajstić information content (AvgIpc) is 2.64. The predicted octanol–water partition coefficient (Wildman–Crippen LogP) is 0.149. The normalized spacial score (nSPS) is 15.9. The second-order valence-electron chi connectivity index (χ2n) is 6.71. The number of carbonyl (C=O) groups is 1. The van der Waals surface area contributed by atoms with Gasteiger partial charge in [-0.1, -0.05) is 29.8 Å². The van der Waals surface area contributed by atoms with Gasteiger partial charge in [-0.05, 0) is 13.0 Å². The SMILES string of the molecule is Cc1ccc(C[NH+](C)CC(=O)N2CCN(c3ncccn3)CC2)cc1. The van der Waals surface area contributed by atoms with Crippen LogP contribution in [0.25, 0.3) is 0 Å². The van der Waals surface area contributed by atoms with Gasteiger partial charge in [-0.25, -0.2) is 9.97 Å². The third kappa shape index (κ3) is 4.76. The second kappa shape index (κ2) is 8.07. The molecule has 1 aromatic heterocycles. The minimum absolute atomic E-state index is 0.221. The number of benzene rings is 1. The molecule has 1 atom stereocenters. The van der Waals surface area contributed by atoms with E-state index in [9.17, 15) is 4.79 Å². The minimum Gasteiger partial charge on any atom is -0.337 e. The summed E-state index contributed by atoms with van der Waals surface area (Å²) in [4.78, 5) is 26.4. The van der Waals surface area contributed by atoms with Crippen molar-refractivity contribution in [1.29, 1.82) is 0 Å². The summed E-state index contributed by atoms with van der Waals surface area (Å²) in [5.74, 6) is 0.968. The maximum atomic E-state index is 12.6. The first-order valence-electron chi connectivity index (χ1n) is 8.78. The highest BCUT2D eigenvalue weighted by molar-refractivity contribution is 5.77. The Morgan fingerprint density at radius 1 is 1.08 bits per heavy atom. The van der Waals surface area contributed by atoms with E-state index in [4.69, 9.17) is 0 Å².